The van der Waals surface area contributed by atoms with Crippen molar-refractivity contribution < 1.29 is 24.2 Å². The number of aliphatic hydroxyl groups excluding tert-OH is 1. The van der Waals surface area contributed by atoms with Crippen LogP contribution in [0.15, 0.2) is 122 Å². The number of hydrogen-bond acceptors (Lipinski definition) is 5. The smallest absolute Gasteiger partial charge is 0.306 e. The van der Waals surface area contributed by atoms with Gasteiger partial charge >= 0.3 is 11.9 Å². The minimum absolute atomic E-state index is 0.0785. The lowest BCUT2D eigenvalue weighted by atomic mass is 10.0. The average Bonchev–Trinajstić information content (AvgIpc) is 3.42. The van der Waals surface area contributed by atoms with Crippen LogP contribution in [0.5, 0.6) is 0 Å². The maximum absolute atomic E-state index is 12.3. The van der Waals surface area contributed by atoms with Crippen molar-refractivity contribution in [2.24, 2.45) is 0 Å². The third-order valence-corrected chi connectivity index (χ3v) is 13.7. The highest BCUT2D eigenvalue weighted by Gasteiger charge is 2.16. The maximum atomic E-state index is 12.3. The van der Waals surface area contributed by atoms with Crippen molar-refractivity contribution in [3.05, 3.63) is 122 Å². The van der Waals surface area contributed by atoms with Crippen molar-refractivity contribution in [2.45, 2.75) is 302 Å². The summed E-state index contributed by atoms with van der Waals surface area (Å²) < 4.78 is 10.7. The topological polar surface area (TPSA) is 72.8 Å². The first-order valence-corrected chi connectivity index (χ1v) is 32.1. The van der Waals surface area contributed by atoms with Crippen LogP contribution in [-0.4, -0.2) is 36.4 Å². The Bertz CT molecular complexity index is 1520. The summed E-state index contributed by atoms with van der Waals surface area (Å²) in [6.07, 6.45) is 96.2. The van der Waals surface area contributed by atoms with Gasteiger partial charge in [-0.25, -0.2) is 0 Å². The number of carbonyl (C=O) groups is 2. The summed E-state index contributed by atoms with van der Waals surface area (Å²) in [5, 5.41) is 9.68. The van der Waals surface area contributed by atoms with E-state index in [-0.39, 0.29) is 25.2 Å². The highest BCUT2D eigenvalue weighted by Crippen LogP contribution is 2.16. The lowest BCUT2D eigenvalue weighted by Gasteiger charge is -2.15. The number of allylic oxidation sites excluding steroid dienone is 20. The lowest BCUT2D eigenvalue weighted by Crippen LogP contribution is -2.28. The number of aliphatic hydroxyl groups is 1. The van der Waals surface area contributed by atoms with E-state index in [4.69, 9.17) is 9.47 Å². The van der Waals surface area contributed by atoms with Gasteiger partial charge in [0.2, 0.25) is 0 Å². The van der Waals surface area contributed by atoms with E-state index in [1.165, 1.54) is 154 Å². The second-order valence-electron chi connectivity index (χ2n) is 21.1. The van der Waals surface area contributed by atoms with Gasteiger partial charge in [-0.1, -0.05) is 296 Å². The Morgan fingerprint density at radius 3 is 0.868 bits per heavy atom. The number of unbranched alkanes of at least 4 members (excludes halogenated alkanes) is 30. The highest BCUT2D eigenvalue weighted by atomic mass is 16.6. The molecule has 0 spiro atoms. The summed E-state index contributed by atoms with van der Waals surface area (Å²) >= 11 is 0. The molecule has 0 aliphatic heterocycles. The first kappa shape index (κ1) is 72.3. The lowest BCUT2D eigenvalue weighted by molar-refractivity contribution is -0.161. The van der Waals surface area contributed by atoms with Gasteiger partial charge in [-0.3, -0.25) is 9.59 Å². The Hall–Kier alpha value is -3.70. The number of carbonyl (C=O) groups excluding carboxylic acids is 2. The molecule has 0 heterocycles. The van der Waals surface area contributed by atoms with Crippen LogP contribution in [0.4, 0.5) is 0 Å². The zero-order chi connectivity index (χ0) is 54.8. The van der Waals surface area contributed by atoms with Gasteiger partial charge in [-0.2, -0.15) is 0 Å². The van der Waals surface area contributed by atoms with E-state index in [0.29, 0.717) is 12.8 Å². The molecule has 0 aromatic carbocycles. The summed E-state index contributed by atoms with van der Waals surface area (Å²) in [4.78, 5) is 24.6. The van der Waals surface area contributed by atoms with E-state index in [0.717, 1.165) is 116 Å². The molecule has 5 heteroatoms. The van der Waals surface area contributed by atoms with Gasteiger partial charge < -0.3 is 14.6 Å². The second-order valence-corrected chi connectivity index (χ2v) is 21.1. The van der Waals surface area contributed by atoms with Crippen molar-refractivity contribution in [3.8, 4) is 0 Å². The van der Waals surface area contributed by atoms with Crippen LogP contribution in [-0.2, 0) is 19.1 Å². The van der Waals surface area contributed by atoms with Gasteiger partial charge in [-0.15, -0.1) is 0 Å². The molecule has 0 bridgehead atoms. The molecule has 1 unspecified atom stereocenters. The van der Waals surface area contributed by atoms with Crippen molar-refractivity contribution in [1.82, 2.24) is 0 Å². The van der Waals surface area contributed by atoms with Crippen LogP contribution in [0.2, 0.25) is 0 Å². The maximum Gasteiger partial charge on any atom is 0.306 e. The van der Waals surface area contributed by atoms with E-state index in [2.05, 4.69) is 135 Å². The van der Waals surface area contributed by atoms with Gasteiger partial charge in [-0.05, 0) is 109 Å². The molecule has 0 saturated carbocycles. The molecule has 0 aromatic rings. The molecular formula is C71H120O5. The number of esters is 2. The summed E-state index contributed by atoms with van der Waals surface area (Å²) in [5.41, 5.74) is 0. The minimum Gasteiger partial charge on any atom is -0.462 e. The Balaban J connectivity index is 3.56. The highest BCUT2D eigenvalue weighted by molar-refractivity contribution is 5.70. The van der Waals surface area contributed by atoms with Gasteiger partial charge in [0, 0.05) is 12.8 Å². The first-order chi connectivity index (χ1) is 37.6. The normalized spacial score (nSPS) is 13.0. The fourth-order valence-electron chi connectivity index (χ4n) is 8.96. The molecule has 0 saturated heterocycles. The van der Waals surface area contributed by atoms with Gasteiger partial charge in [0.15, 0.2) is 6.10 Å². The first-order valence-electron chi connectivity index (χ1n) is 32.1. The van der Waals surface area contributed by atoms with Crippen LogP contribution < -0.4 is 0 Å². The average molecular weight is 1050 g/mol. The third kappa shape index (κ3) is 62.8. The fourth-order valence-corrected chi connectivity index (χ4v) is 8.96. The fraction of sp³-hybridized carbons (Fsp3) is 0.690. The third-order valence-electron chi connectivity index (χ3n) is 13.7. The molecule has 76 heavy (non-hydrogen) atoms. The standard InChI is InChI=1S/C71H120O5/c1-3-5-7-9-11-13-15-17-19-21-23-25-27-29-31-33-34-35-36-38-40-42-44-46-48-50-52-54-56-58-60-62-64-66-71(74)76-69(67-72)68-75-70(73)65-63-61-59-57-55-53-51-49-47-45-43-41-39-37-32-30-28-26-24-22-20-18-16-14-12-10-8-6-4-2/h5,7,11,13,17,19,22-25,29,31,34-35,38,40,44,46,50,52,69,72H,3-4,6,8-10,12,14-16,18,20-21,26-28,30,32-33,36-37,39,41-43,45,47-49,51,53-68H2,1-2H3/b7-5-,13-11-,19-17-,24-22-,25-23-,31-29-,35-34-,40-38-,46-44-,52-50-. The molecule has 5 nitrogen and oxygen atoms in total. The SMILES string of the molecule is CC/C=C\C/C=C\C/C=C\C/C=C\C/C=C\C/C=C\C/C=C\C/C=C\C/C=C\CCCCCCCC(=O)OC(CO)COC(=O)CCCCCCCCCCCCCCCCCCC/C=C\CCCCCCCCCC. The number of rotatable bonds is 58. The summed E-state index contributed by atoms with van der Waals surface area (Å²) in [6.45, 7) is 4.03. The zero-order valence-electron chi connectivity index (χ0n) is 49.7. The van der Waals surface area contributed by atoms with Crippen molar-refractivity contribution in [3.63, 3.8) is 0 Å². The van der Waals surface area contributed by atoms with Gasteiger partial charge in [0.25, 0.3) is 0 Å². The van der Waals surface area contributed by atoms with Crippen molar-refractivity contribution in [1.29, 1.82) is 0 Å². The Morgan fingerprint density at radius 1 is 0.316 bits per heavy atom. The molecule has 0 radical (unpaired) electrons. The van der Waals surface area contributed by atoms with Crippen LogP contribution in [0.1, 0.15) is 296 Å². The molecule has 0 aromatic heterocycles. The molecule has 0 aliphatic carbocycles. The molecule has 1 atom stereocenters. The van der Waals surface area contributed by atoms with E-state index < -0.39 is 6.10 Å². The molecule has 434 valence electrons. The molecule has 0 fully saturated rings. The molecule has 0 aliphatic rings. The Morgan fingerprint density at radius 2 is 0.566 bits per heavy atom. The van der Waals surface area contributed by atoms with E-state index >= 15 is 0 Å². The van der Waals surface area contributed by atoms with Crippen LogP contribution in [0.25, 0.3) is 0 Å². The molecule has 0 amide bonds. The van der Waals surface area contributed by atoms with Gasteiger partial charge in [0.05, 0.1) is 6.61 Å². The Labute approximate surface area is 471 Å². The van der Waals surface area contributed by atoms with E-state index in [9.17, 15) is 14.7 Å². The van der Waals surface area contributed by atoms with Crippen molar-refractivity contribution >= 4 is 11.9 Å². The number of hydrogen-bond donors (Lipinski definition) is 1. The number of ether oxygens (including phenoxy) is 2. The predicted octanol–water partition coefficient (Wildman–Crippen LogP) is 22.2. The molecule has 1 N–H and O–H groups in total. The molecular weight excluding hydrogens is 933 g/mol. The summed E-state index contributed by atoms with van der Waals surface area (Å²) in [5.74, 6) is -0.610. The monoisotopic (exact) mass is 1050 g/mol. The van der Waals surface area contributed by atoms with Gasteiger partial charge in [0.1, 0.15) is 6.61 Å². The predicted molar refractivity (Wildman–Crippen MR) is 334 cm³/mol. The second kappa shape index (κ2) is 65.6. The van der Waals surface area contributed by atoms with Crippen LogP contribution >= 0.6 is 0 Å². The largest absolute Gasteiger partial charge is 0.462 e. The van der Waals surface area contributed by atoms with Crippen LogP contribution in [0, 0.1) is 0 Å². The quantitative estimate of drug-likeness (QED) is 0.0373. The minimum atomic E-state index is -0.791. The zero-order valence-corrected chi connectivity index (χ0v) is 49.7. The summed E-state index contributed by atoms with van der Waals surface area (Å²) in [7, 11) is 0. The van der Waals surface area contributed by atoms with Crippen molar-refractivity contribution in [2.75, 3.05) is 13.2 Å². The summed E-state index contributed by atoms with van der Waals surface area (Å²) in [6, 6.07) is 0. The van der Waals surface area contributed by atoms with Crippen LogP contribution in [0.3, 0.4) is 0 Å². The van der Waals surface area contributed by atoms with E-state index in [1.54, 1.807) is 0 Å². The van der Waals surface area contributed by atoms with E-state index in [1.807, 2.05) is 0 Å². The molecule has 0 rings (SSSR count). The Kier molecular flexibility index (Phi) is 62.4.